The molecule has 0 aliphatic rings. The van der Waals surface area contributed by atoms with Gasteiger partial charge in [0, 0.05) is 12.1 Å². The molecule has 1 heterocycles. The molecule has 6 heteroatoms. The van der Waals surface area contributed by atoms with Gasteiger partial charge in [-0.1, -0.05) is 0 Å². The van der Waals surface area contributed by atoms with Crippen molar-refractivity contribution in [2.24, 2.45) is 5.73 Å². The molecule has 18 heavy (non-hydrogen) atoms. The Morgan fingerprint density at radius 2 is 1.72 bits per heavy atom. The minimum atomic E-state index is -1.23. The van der Waals surface area contributed by atoms with E-state index in [1.165, 1.54) is 17.1 Å². The summed E-state index contributed by atoms with van der Waals surface area (Å²) in [5.41, 5.74) is 5.49. The van der Waals surface area contributed by atoms with Gasteiger partial charge in [0.05, 0.1) is 29.4 Å². The molecule has 96 valence electrons. The van der Waals surface area contributed by atoms with Crippen LogP contribution in [0.1, 0.15) is 19.5 Å². The van der Waals surface area contributed by atoms with Crippen molar-refractivity contribution in [3.05, 3.63) is 47.8 Å². The smallest absolute Gasteiger partial charge is 0.161 e. The molecule has 2 aromatic rings. The number of hydrogen-bond acceptors (Lipinski definition) is 2. The Labute approximate surface area is 102 Å². The number of halogens is 3. The lowest BCUT2D eigenvalue weighted by molar-refractivity contribution is 0.487. The lowest BCUT2D eigenvalue weighted by Crippen LogP contribution is -2.31. The van der Waals surface area contributed by atoms with Gasteiger partial charge in [0.1, 0.15) is 5.82 Å². The van der Waals surface area contributed by atoms with E-state index < -0.39 is 23.0 Å². The van der Waals surface area contributed by atoms with Gasteiger partial charge in [-0.3, -0.25) is 4.57 Å². The second-order valence-electron chi connectivity index (χ2n) is 4.59. The lowest BCUT2D eigenvalue weighted by Gasteiger charge is -2.21. The first-order valence-corrected chi connectivity index (χ1v) is 5.27. The van der Waals surface area contributed by atoms with Crippen LogP contribution >= 0.6 is 0 Å². The summed E-state index contributed by atoms with van der Waals surface area (Å²) in [6.45, 7) is 3.41. The average Bonchev–Trinajstić information content (AvgIpc) is 2.71. The number of nitrogens with two attached hydrogens (primary N) is 1. The molecule has 0 fully saturated rings. The molecule has 0 unspecified atom stereocenters. The van der Waals surface area contributed by atoms with Crippen LogP contribution in [-0.2, 0) is 5.54 Å². The molecule has 0 radical (unpaired) electrons. The van der Waals surface area contributed by atoms with Gasteiger partial charge in [0.2, 0.25) is 0 Å². The normalized spacial score (nSPS) is 11.9. The third kappa shape index (κ3) is 2.11. The number of imidazole rings is 1. The van der Waals surface area contributed by atoms with Crippen LogP contribution in [0, 0.1) is 17.5 Å². The Morgan fingerprint density at radius 1 is 1.11 bits per heavy atom. The maximum Gasteiger partial charge on any atom is 0.161 e. The van der Waals surface area contributed by atoms with Crippen molar-refractivity contribution in [2.45, 2.75) is 19.4 Å². The van der Waals surface area contributed by atoms with E-state index in [0.717, 1.165) is 6.07 Å². The summed E-state index contributed by atoms with van der Waals surface area (Å²) in [6, 6.07) is 1.28. The maximum atomic E-state index is 13.7. The molecule has 3 nitrogen and oxygen atoms in total. The molecule has 0 saturated carbocycles. The van der Waals surface area contributed by atoms with Crippen LogP contribution in [0.2, 0.25) is 0 Å². The Hall–Kier alpha value is -1.82. The van der Waals surface area contributed by atoms with Crippen LogP contribution in [0.25, 0.3) is 5.69 Å². The van der Waals surface area contributed by atoms with Crippen molar-refractivity contribution in [1.82, 2.24) is 9.55 Å². The number of rotatable bonds is 2. The summed E-state index contributed by atoms with van der Waals surface area (Å²) in [7, 11) is 0. The highest BCUT2D eigenvalue weighted by Crippen LogP contribution is 2.24. The third-order valence-electron chi connectivity index (χ3n) is 2.55. The highest BCUT2D eigenvalue weighted by molar-refractivity contribution is 5.37. The van der Waals surface area contributed by atoms with Crippen LogP contribution in [0.3, 0.4) is 0 Å². The first kappa shape index (κ1) is 12.6. The Morgan fingerprint density at radius 3 is 2.33 bits per heavy atom. The topological polar surface area (TPSA) is 43.8 Å². The quantitative estimate of drug-likeness (QED) is 0.838. The van der Waals surface area contributed by atoms with E-state index in [-0.39, 0.29) is 5.69 Å². The largest absolute Gasteiger partial charge is 0.321 e. The molecule has 0 atom stereocenters. The maximum absolute atomic E-state index is 13.7. The summed E-state index contributed by atoms with van der Waals surface area (Å²) in [4.78, 5) is 3.86. The number of hydrogen-bond donors (Lipinski definition) is 1. The van der Waals surface area contributed by atoms with E-state index in [4.69, 9.17) is 5.73 Å². The van der Waals surface area contributed by atoms with E-state index in [9.17, 15) is 13.2 Å². The van der Waals surface area contributed by atoms with Gasteiger partial charge in [-0.05, 0) is 13.8 Å². The lowest BCUT2D eigenvalue weighted by atomic mass is 10.0. The van der Waals surface area contributed by atoms with Gasteiger partial charge in [0.15, 0.2) is 11.6 Å². The Bertz CT molecular complexity index is 585. The van der Waals surface area contributed by atoms with Crippen LogP contribution in [0.4, 0.5) is 13.2 Å². The summed E-state index contributed by atoms with van der Waals surface area (Å²) < 4.78 is 41.0. The van der Waals surface area contributed by atoms with Crippen molar-refractivity contribution in [3.8, 4) is 5.69 Å². The molecule has 0 spiro atoms. The fourth-order valence-electron chi connectivity index (χ4n) is 1.66. The summed E-state index contributed by atoms with van der Waals surface area (Å²) in [6.07, 6.45) is 2.76. The van der Waals surface area contributed by atoms with Crippen molar-refractivity contribution in [2.75, 3.05) is 0 Å². The average molecular weight is 255 g/mol. The van der Waals surface area contributed by atoms with Crippen LogP contribution in [0.15, 0.2) is 24.7 Å². The van der Waals surface area contributed by atoms with Gasteiger partial charge >= 0.3 is 0 Å². The molecule has 2 N–H and O–H groups in total. The summed E-state index contributed by atoms with van der Waals surface area (Å²) in [5, 5.41) is 0. The molecule has 2 rings (SSSR count). The van der Waals surface area contributed by atoms with Gasteiger partial charge in [0.25, 0.3) is 0 Å². The van der Waals surface area contributed by atoms with Crippen LogP contribution in [-0.4, -0.2) is 9.55 Å². The molecule has 0 bridgehead atoms. The molecule has 0 saturated heterocycles. The third-order valence-corrected chi connectivity index (χ3v) is 2.55. The van der Waals surface area contributed by atoms with Crippen molar-refractivity contribution in [3.63, 3.8) is 0 Å². The Balaban J connectivity index is 2.64. The first-order chi connectivity index (χ1) is 8.30. The first-order valence-electron chi connectivity index (χ1n) is 5.27. The summed E-state index contributed by atoms with van der Waals surface area (Å²) >= 11 is 0. The minimum absolute atomic E-state index is 0.125. The van der Waals surface area contributed by atoms with Crippen LogP contribution < -0.4 is 5.73 Å². The standard InChI is InChI=1S/C12H12F3N3/c1-12(2,16)11-5-17-6-18(11)10-4-8(14)7(13)3-9(10)15/h3-6H,16H2,1-2H3. The molecular formula is C12H12F3N3. The predicted molar refractivity (Wildman–Crippen MR) is 60.7 cm³/mol. The van der Waals surface area contributed by atoms with E-state index in [0.29, 0.717) is 11.8 Å². The summed E-state index contributed by atoms with van der Waals surface area (Å²) in [5.74, 6) is -3.23. The minimum Gasteiger partial charge on any atom is -0.321 e. The number of benzene rings is 1. The van der Waals surface area contributed by atoms with E-state index in [1.54, 1.807) is 13.8 Å². The zero-order valence-corrected chi connectivity index (χ0v) is 9.92. The van der Waals surface area contributed by atoms with E-state index >= 15 is 0 Å². The molecule has 1 aromatic heterocycles. The van der Waals surface area contributed by atoms with E-state index in [2.05, 4.69) is 4.98 Å². The van der Waals surface area contributed by atoms with Crippen molar-refractivity contribution < 1.29 is 13.2 Å². The molecule has 1 aromatic carbocycles. The predicted octanol–water partition coefficient (Wildman–Crippen LogP) is 2.48. The highest BCUT2D eigenvalue weighted by atomic mass is 19.2. The second-order valence-corrected chi connectivity index (χ2v) is 4.59. The fraction of sp³-hybridized carbons (Fsp3) is 0.250. The van der Waals surface area contributed by atoms with Gasteiger partial charge < -0.3 is 5.73 Å². The van der Waals surface area contributed by atoms with Crippen LogP contribution in [0.5, 0.6) is 0 Å². The highest BCUT2D eigenvalue weighted by Gasteiger charge is 2.22. The molecular weight excluding hydrogens is 243 g/mol. The number of aromatic nitrogens is 2. The van der Waals surface area contributed by atoms with Gasteiger partial charge in [-0.25, -0.2) is 18.2 Å². The molecule has 0 aliphatic carbocycles. The SMILES string of the molecule is CC(C)(N)c1cncn1-c1cc(F)c(F)cc1F. The van der Waals surface area contributed by atoms with Crippen molar-refractivity contribution >= 4 is 0 Å². The second kappa shape index (κ2) is 4.13. The number of nitrogens with zero attached hydrogens (tertiary/aromatic N) is 2. The molecule has 0 amide bonds. The zero-order chi connectivity index (χ0) is 13.5. The fourth-order valence-corrected chi connectivity index (χ4v) is 1.66. The van der Waals surface area contributed by atoms with Crippen molar-refractivity contribution in [1.29, 1.82) is 0 Å². The Kier molecular flexibility index (Phi) is 2.90. The van der Waals surface area contributed by atoms with E-state index in [1.807, 2.05) is 0 Å². The monoisotopic (exact) mass is 255 g/mol. The zero-order valence-electron chi connectivity index (χ0n) is 9.92. The molecule has 0 aliphatic heterocycles. The van der Waals surface area contributed by atoms with Gasteiger partial charge in [-0.15, -0.1) is 0 Å². The van der Waals surface area contributed by atoms with Gasteiger partial charge in [-0.2, -0.15) is 0 Å².